The number of urea groups is 1. The number of hydrogen-bond donors (Lipinski definition) is 2. The fourth-order valence-electron chi connectivity index (χ4n) is 1.84. The molecule has 2 amide bonds. The second-order valence-corrected chi connectivity index (χ2v) is 5.79. The summed E-state index contributed by atoms with van der Waals surface area (Å²) in [6.07, 6.45) is 0. The summed E-state index contributed by atoms with van der Waals surface area (Å²) in [5.41, 5.74) is 2.74. The highest BCUT2D eigenvalue weighted by Crippen LogP contribution is 2.19. The molecule has 2 aromatic rings. The fraction of sp³-hybridized carbons (Fsp3) is 0.188. The minimum absolute atomic E-state index is 0.246. The number of nitrogens with one attached hydrogen (secondary N) is 2. The Bertz CT molecular complexity index is 611. The average Bonchev–Trinajstić information content (AvgIpc) is 2.38. The van der Waals surface area contributed by atoms with Crippen LogP contribution >= 0.6 is 15.9 Å². The molecule has 0 aliphatic carbocycles. The first-order valence-corrected chi connectivity index (χ1v) is 7.27. The normalized spacial score (nSPS) is 10.4. The monoisotopic (exact) mass is 332 g/mol. The van der Waals surface area contributed by atoms with E-state index in [9.17, 15) is 4.79 Å². The van der Waals surface area contributed by atoms with Crippen molar-refractivity contribution in [3.63, 3.8) is 0 Å². The SMILES string of the molecule is CC(C)c1cccc(NC(=O)Nc2cccc(Br)c2)c1. The van der Waals surface area contributed by atoms with E-state index >= 15 is 0 Å². The van der Waals surface area contributed by atoms with Crippen LogP contribution in [0, 0.1) is 0 Å². The van der Waals surface area contributed by atoms with Crippen LogP contribution in [0.25, 0.3) is 0 Å². The maximum atomic E-state index is 11.9. The van der Waals surface area contributed by atoms with E-state index in [0.29, 0.717) is 5.92 Å². The predicted molar refractivity (Wildman–Crippen MR) is 87.3 cm³/mol. The fourth-order valence-corrected chi connectivity index (χ4v) is 2.23. The topological polar surface area (TPSA) is 41.1 Å². The zero-order valence-corrected chi connectivity index (χ0v) is 13.1. The molecule has 0 fully saturated rings. The van der Waals surface area contributed by atoms with Crippen LogP contribution in [0.5, 0.6) is 0 Å². The molecular formula is C16H17BrN2O. The highest BCUT2D eigenvalue weighted by molar-refractivity contribution is 9.10. The van der Waals surface area contributed by atoms with Gasteiger partial charge in [0.2, 0.25) is 0 Å². The van der Waals surface area contributed by atoms with E-state index in [0.717, 1.165) is 15.8 Å². The van der Waals surface area contributed by atoms with Gasteiger partial charge in [-0.3, -0.25) is 0 Å². The van der Waals surface area contributed by atoms with E-state index in [-0.39, 0.29) is 6.03 Å². The second-order valence-electron chi connectivity index (χ2n) is 4.87. The van der Waals surface area contributed by atoms with E-state index in [4.69, 9.17) is 0 Å². The van der Waals surface area contributed by atoms with Gasteiger partial charge < -0.3 is 10.6 Å². The molecule has 3 nitrogen and oxygen atoms in total. The molecule has 0 radical (unpaired) electrons. The number of carbonyl (C=O) groups is 1. The summed E-state index contributed by atoms with van der Waals surface area (Å²) in [5.74, 6) is 0.435. The number of benzene rings is 2. The third-order valence-electron chi connectivity index (χ3n) is 2.89. The molecule has 2 rings (SSSR count). The molecule has 0 aromatic heterocycles. The van der Waals surface area contributed by atoms with Gasteiger partial charge in [0.05, 0.1) is 0 Å². The van der Waals surface area contributed by atoms with Crippen LogP contribution < -0.4 is 10.6 Å². The first-order valence-electron chi connectivity index (χ1n) is 6.48. The highest BCUT2D eigenvalue weighted by atomic mass is 79.9. The largest absolute Gasteiger partial charge is 0.323 e. The molecule has 0 saturated heterocycles. The lowest BCUT2D eigenvalue weighted by atomic mass is 10.0. The van der Waals surface area contributed by atoms with E-state index < -0.39 is 0 Å². The van der Waals surface area contributed by atoms with E-state index in [1.165, 1.54) is 5.56 Å². The smallest absolute Gasteiger partial charge is 0.308 e. The summed E-state index contributed by atoms with van der Waals surface area (Å²) < 4.78 is 0.928. The number of carbonyl (C=O) groups excluding carboxylic acids is 1. The number of anilines is 2. The maximum Gasteiger partial charge on any atom is 0.323 e. The van der Waals surface area contributed by atoms with Crippen molar-refractivity contribution in [3.8, 4) is 0 Å². The Morgan fingerprint density at radius 3 is 2.20 bits per heavy atom. The average molecular weight is 333 g/mol. The molecule has 0 bridgehead atoms. The minimum Gasteiger partial charge on any atom is -0.308 e. The number of amides is 2. The molecule has 4 heteroatoms. The predicted octanol–water partition coefficient (Wildman–Crippen LogP) is 5.22. The van der Waals surface area contributed by atoms with Gasteiger partial charge in [-0.1, -0.05) is 48.0 Å². The summed E-state index contributed by atoms with van der Waals surface area (Å²) in [5, 5.41) is 5.64. The van der Waals surface area contributed by atoms with Crippen molar-refractivity contribution >= 4 is 33.3 Å². The Balaban J connectivity index is 2.03. The van der Waals surface area contributed by atoms with Crippen LogP contribution in [0.3, 0.4) is 0 Å². The number of hydrogen-bond acceptors (Lipinski definition) is 1. The molecule has 0 atom stereocenters. The molecule has 2 aromatic carbocycles. The van der Waals surface area contributed by atoms with E-state index in [2.05, 4.69) is 46.5 Å². The summed E-state index contributed by atoms with van der Waals surface area (Å²) in [6, 6.07) is 15.1. The van der Waals surface area contributed by atoms with Crippen LogP contribution in [-0.2, 0) is 0 Å². The minimum atomic E-state index is -0.246. The van der Waals surface area contributed by atoms with Crippen molar-refractivity contribution in [1.82, 2.24) is 0 Å². The van der Waals surface area contributed by atoms with Gasteiger partial charge in [-0.15, -0.1) is 0 Å². The molecule has 0 heterocycles. The van der Waals surface area contributed by atoms with Crippen LogP contribution in [0.15, 0.2) is 53.0 Å². The first-order chi connectivity index (χ1) is 9.54. The molecular weight excluding hydrogens is 316 g/mol. The van der Waals surface area contributed by atoms with Crippen molar-refractivity contribution in [3.05, 3.63) is 58.6 Å². The number of rotatable bonds is 3. The lowest BCUT2D eigenvalue weighted by Gasteiger charge is -2.10. The van der Waals surface area contributed by atoms with Crippen molar-refractivity contribution in [2.75, 3.05) is 10.6 Å². The van der Waals surface area contributed by atoms with Crippen molar-refractivity contribution in [1.29, 1.82) is 0 Å². The van der Waals surface area contributed by atoms with Crippen LogP contribution in [-0.4, -0.2) is 6.03 Å². The molecule has 0 spiro atoms. The van der Waals surface area contributed by atoms with E-state index in [1.54, 1.807) is 0 Å². The maximum absolute atomic E-state index is 11.9. The Morgan fingerprint density at radius 1 is 1.00 bits per heavy atom. The van der Waals surface area contributed by atoms with Crippen molar-refractivity contribution in [2.45, 2.75) is 19.8 Å². The molecule has 0 saturated carbocycles. The third kappa shape index (κ3) is 4.10. The first kappa shape index (κ1) is 14.6. The molecule has 0 unspecified atom stereocenters. The van der Waals surface area contributed by atoms with Gasteiger partial charge in [0, 0.05) is 15.8 Å². The number of halogens is 1. The van der Waals surface area contributed by atoms with Gasteiger partial charge in [-0.2, -0.15) is 0 Å². The van der Waals surface area contributed by atoms with Crippen molar-refractivity contribution in [2.24, 2.45) is 0 Å². The Labute approximate surface area is 127 Å². The van der Waals surface area contributed by atoms with Crippen LogP contribution in [0.2, 0.25) is 0 Å². The summed E-state index contributed by atoms with van der Waals surface area (Å²) in [6.45, 7) is 4.25. The Kier molecular flexibility index (Phi) is 4.79. The second kappa shape index (κ2) is 6.57. The van der Waals surface area contributed by atoms with Gasteiger partial charge in [0.1, 0.15) is 0 Å². The summed E-state index contributed by atoms with van der Waals surface area (Å²) in [7, 11) is 0. The molecule has 20 heavy (non-hydrogen) atoms. The lowest BCUT2D eigenvalue weighted by Crippen LogP contribution is -2.19. The molecule has 0 aliphatic heterocycles. The third-order valence-corrected chi connectivity index (χ3v) is 3.39. The van der Waals surface area contributed by atoms with Gasteiger partial charge >= 0.3 is 6.03 Å². The zero-order chi connectivity index (χ0) is 14.5. The van der Waals surface area contributed by atoms with Crippen molar-refractivity contribution < 1.29 is 4.79 Å². The van der Waals surface area contributed by atoms with Crippen LogP contribution in [0.1, 0.15) is 25.3 Å². The summed E-state index contributed by atoms with van der Waals surface area (Å²) in [4.78, 5) is 11.9. The van der Waals surface area contributed by atoms with Gasteiger partial charge in [-0.25, -0.2) is 4.79 Å². The molecule has 0 aliphatic rings. The van der Waals surface area contributed by atoms with E-state index in [1.807, 2.05) is 42.5 Å². The lowest BCUT2D eigenvalue weighted by molar-refractivity contribution is 0.262. The van der Waals surface area contributed by atoms with Crippen LogP contribution in [0.4, 0.5) is 16.2 Å². The zero-order valence-electron chi connectivity index (χ0n) is 11.5. The Morgan fingerprint density at radius 2 is 1.60 bits per heavy atom. The Hall–Kier alpha value is -1.81. The van der Waals surface area contributed by atoms with Gasteiger partial charge in [0.25, 0.3) is 0 Å². The highest BCUT2D eigenvalue weighted by Gasteiger charge is 2.05. The molecule has 2 N–H and O–H groups in total. The quantitative estimate of drug-likeness (QED) is 0.795. The summed E-state index contributed by atoms with van der Waals surface area (Å²) >= 11 is 3.37. The molecule has 104 valence electrons. The van der Waals surface area contributed by atoms with Gasteiger partial charge in [-0.05, 0) is 41.8 Å². The van der Waals surface area contributed by atoms with Gasteiger partial charge in [0.15, 0.2) is 0 Å². The standard InChI is InChI=1S/C16H17BrN2O/c1-11(2)12-5-3-7-14(9-12)18-16(20)19-15-8-4-6-13(17)10-15/h3-11H,1-2H3,(H2,18,19,20).